The molecule has 0 radical (unpaired) electrons. The molecule has 3 N–H and O–H groups in total. The third-order valence-corrected chi connectivity index (χ3v) is 8.91. The zero-order chi connectivity index (χ0) is 37.6. The van der Waals surface area contributed by atoms with Crippen LogP contribution in [0.25, 0.3) is 22.0 Å². The SMILES string of the molecule is FC(F)(F)c1ccc(CCNc2ccc(Cl)cc2-c2c[nH]c3ccccc23)cc1.O=C(O)Cc1ccc(CCCCCCCCCC(F)(F)F)cc1. The number of unbranched alkanes of at least 4 members (excludes halogenated alkanes) is 6. The molecule has 11 heteroatoms. The molecule has 1 heterocycles. The van der Waals surface area contributed by atoms with E-state index >= 15 is 0 Å². The highest BCUT2D eigenvalue weighted by Gasteiger charge is 2.30. The van der Waals surface area contributed by atoms with Crippen molar-refractivity contribution in [2.75, 3.05) is 11.9 Å². The fourth-order valence-electron chi connectivity index (χ4n) is 5.93. The molecule has 0 amide bonds. The number of aryl methyl sites for hydroxylation is 1. The van der Waals surface area contributed by atoms with Crippen molar-refractivity contribution in [1.82, 2.24) is 4.98 Å². The molecule has 0 saturated carbocycles. The van der Waals surface area contributed by atoms with Crippen molar-refractivity contribution >= 4 is 34.2 Å². The van der Waals surface area contributed by atoms with Crippen molar-refractivity contribution in [3.63, 3.8) is 0 Å². The first-order valence-corrected chi connectivity index (χ1v) is 17.8. The molecule has 1 aromatic heterocycles. The maximum atomic E-state index is 12.7. The number of carboxylic acid groups (broad SMARTS) is 1. The Morgan fingerprint density at radius 3 is 1.94 bits per heavy atom. The number of hydrogen-bond acceptors (Lipinski definition) is 2. The van der Waals surface area contributed by atoms with Gasteiger partial charge in [0.05, 0.1) is 12.0 Å². The van der Waals surface area contributed by atoms with Gasteiger partial charge in [0.15, 0.2) is 0 Å². The summed E-state index contributed by atoms with van der Waals surface area (Å²) < 4.78 is 73.9. The fourth-order valence-corrected chi connectivity index (χ4v) is 6.10. The van der Waals surface area contributed by atoms with Crippen LogP contribution < -0.4 is 5.32 Å². The molecule has 0 aliphatic carbocycles. The monoisotopic (exact) mass is 744 g/mol. The van der Waals surface area contributed by atoms with Crippen molar-refractivity contribution in [3.8, 4) is 11.1 Å². The van der Waals surface area contributed by atoms with Crippen molar-refractivity contribution in [2.24, 2.45) is 0 Å². The largest absolute Gasteiger partial charge is 0.481 e. The number of aromatic nitrogens is 1. The number of anilines is 1. The van der Waals surface area contributed by atoms with E-state index in [2.05, 4.69) is 10.3 Å². The van der Waals surface area contributed by atoms with Crippen molar-refractivity contribution in [2.45, 2.75) is 83.0 Å². The van der Waals surface area contributed by atoms with Gasteiger partial charge in [0, 0.05) is 51.9 Å². The lowest BCUT2D eigenvalue weighted by molar-refractivity contribution is -0.138. The third-order valence-electron chi connectivity index (χ3n) is 8.68. The number of aliphatic carboxylic acids is 1. The standard InChI is InChI=1S/C23H18ClF3N2.C18H25F3O2/c24-17-9-10-22(19(13-17)20-14-29-21-4-2-1-3-18(20)21)28-12-11-15-5-7-16(8-6-15)23(25,26)27;19-18(20,21)13-7-5-3-1-2-4-6-8-15-9-11-16(12-10-15)14-17(22)23/h1-10,13-14,28-29H,11-12H2;9-12H,1-8,13-14H2,(H,22,23). The molecule has 0 aliphatic rings. The van der Waals surface area contributed by atoms with Crippen molar-refractivity contribution in [3.05, 3.63) is 124 Å². The number of benzene rings is 4. The van der Waals surface area contributed by atoms with Gasteiger partial charge in [-0.3, -0.25) is 4.79 Å². The fraction of sp³-hybridized carbons (Fsp3) is 0.341. The van der Waals surface area contributed by atoms with Gasteiger partial charge in [0.25, 0.3) is 0 Å². The van der Waals surface area contributed by atoms with E-state index in [-0.39, 0.29) is 12.8 Å². The van der Waals surface area contributed by atoms with Gasteiger partial charge in [-0.15, -0.1) is 0 Å². The average Bonchev–Trinajstić information content (AvgIpc) is 3.52. The van der Waals surface area contributed by atoms with E-state index in [1.807, 2.05) is 72.9 Å². The van der Waals surface area contributed by atoms with Crippen LogP contribution >= 0.6 is 11.6 Å². The Hall–Kier alpha value is -4.44. The summed E-state index contributed by atoms with van der Waals surface area (Å²) in [4.78, 5) is 13.9. The third kappa shape index (κ3) is 13.6. The summed E-state index contributed by atoms with van der Waals surface area (Å²) in [5.74, 6) is -0.826. The molecule has 4 aromatic carbocycles. The van der Waals surface area contributed by atoms with Gasteiger partial charge in [0.1, 0.15) is 0 Å². The van der Waals surface area contributed by atoms with E-state index in [1.165, 1.54) is 17.7 Å². The highest BCUT2D eigenvalue weighted by molar-refractivity contribution is 6.31. The van der Waals surface area contributed by atoms with E-state index in [9.17, 15) is 31.1 Å². The van der Waals surface area contributed by atoms with Gasteiger partial charge in [-0.1, -0.05) is 98.3 Å². The number of alkyl halides is 6. The average molecular weight is 745 g/mol. The molecule has 5 aromatic rings. The Morgan fingerprint density at radius 2 is 1.29 bits per heavy atom. The minimum Gasteiger partial charge on any atom is -0.481 e. The normalized spacial score (nSPS) is 11.7. The topological polar surface area (TPSA) is 65.1 Å². The smallest absolute Gasteiger partial charge is 0.416 e. The second-order valence-corrected chi connectivity index (χ2v) is 13.2. The molecule has 0 aliphatic heterocycles. The van der Waals surface area contributed by atoms with Gasteiger partial charge in [-0.25, -0.2) is 0 Å². The molecule has 0 atom stereocenters. The summed E-state index contributed by atoms with van der Waals surface area (Å²) in [5.41, 5.74) is 6.19. The Morgan fingerprint density at radius 1 is 0.692 bits per heavy atom. The maximum absolute atomic E-state index is 12.7. The highest BCUT2D eigenvalue weighted by Crippen LogP contribution is 2.36. The molecule has 0 spiro atoms. The van der Waals surface area contributed by atoms with Gasteiger partial charge >= 0.3 is 18.3 Å². The predicted octanol–water partition coefficient (Wildman–Crippen LogP) is 12.7. The Balaban J connectivity index is 0.000000240. The van der Waals surface area contributed by atoms with Gasteiger partial charge in [-0.05, 0) is 78.8 Å². The molecule has 0 fully saturated rings. The zero-order valence-electron chi connectivity index (χ0n) is 28.7. The number of H-pyrrole nitrogens is 1. The summed E-state index contributed by atoms with van der Waals surface area (Å²) >= 11 is 6.24. The highest BCUT2D eigenvalue weighted by atomic mass is 35.5. The molecule has 0 unspecified atom stereocenters. The van der Waals surface area contributed by atoms with Gasteiger partial charge in [-0.2, -0.15) is 26.3 Å². The lowest BCUT2D eigenvalue weighted by Gasteiger charge is -2.13. The van der Waals surface area contributed by atoms with E-state index in [0.29, 0.717) is 24.4 Å². The van der Waals surface area contributed by atoms with Crippen molar-refractivity contribution < 1.29 is 36.2 Å². The van der Waals surface area contributed by atoms with Crippen molar-refractivity contribution in [1.29, 1.82) is 0 Å². The molecule has 278 valence electrons. The molecule has 4 nitrogen and oxygen atoms in total. The number of carboxylic acids is 1. The summed E-state index contributed by atoms with van der Waals surface area (Å²) in [6, 6.07) is 26.6. The van der Waals surface area contributed by atoms with Gasteiger partial charge in [0.2, 0.25) is 0 Å². The minimum atomic E-state index is -4.31. The Bertz CT molecular complexity index is 1830. The Kier molecular flexibility index (Phi) is 15.1. The summed E-state index contributed by atoms with van der Waals surface area (Å²) in [6.07, 6.45) is 0.549. The molecule has 0 bridgehead atoms. The van der Waals surface area contributed by atoms with Crippen LogP contribution in [0.5, 0.6) is 0 Å². The summed E-state index contributed by atoms with van der Waals surface area (Å²) in [6.45, 7) is 0.586. The second-order valence-electron chi connectivity index (χ2n) is 12.8. The predicted molar refractivity (Wildman–Crippen MR) is 197 cm³/mol. The first-order valence-electron chi connectivity index (χ1n) is 17.4. The van der Waals surface area contributed by atoms with E-state index in [4.69, 9.17) is 16.7 Å². The van der Waals surface area contributed by atoms with Crippen LogP contribution in [0.3, 0.4) is 0 Å². The van der Waals surface area contributed by atoms with Crippen LogP contribution in [0, 0.1) is 0 Å². The Labute approximate surface area is 305 Å². The number of para-hydroxylation sites is 1. The number of nitrogens with one attached hydrogen (secondary N) is 2. The number of aromatic amines is 1. The lowest BCUT2D eigenvalue weighted by Crippen LogP contribution is -2.07. The number of carbonyl (C=O) groups is 1. The molecular formula is C41H43ClF6N2O2. The van der Waals surface area contributed by atoms with E-state index in [0.717, 1.165) is 89.5 Å². The first-order chi connectivity index (χ1) is 24.8. The van der Waals surface area contributed by atoms with Crippen LogP contribution in [-0.2, 0) is 30.2 Å². The summed E-state index contributed by atoms with van der Waals surface area (Å²) in [7, 11) is 0. The van der Waals surface area contributed by atoms with Crippen LogP contribution in [0.4, 0.5) is 32.0 Å². The number of hydrogen-bond donors (Lipinski definition) is 3. The van der Waals surface area contributed by atoms with Crippen LogP contribution in [0.1, 0.15) is 73.6 Å². The molecule has 52 heavy (non-hydrogen) atoms. The minimum absolute atomic E-state index is 0.0502. The molecule has 5 rings (SSSR count). The molecule has 0 saturated heterocycles. The van der Waals surface area contributed by atoms with Crippen LogP contribution in [-0.4, -0.2) is 28.8 Å². The van der Waals surface area contributed by atoms with Crippen LogP contribution in [0.15, 0.2) is 97.2 Å². The maximum Gasteiger partial charge on any atom is 0.416 e. The van der Waals surface area contributed by atoms with Crippen LogP contribution in [0.2, 0.25) is 5.02 Å². The zero-order valence-corrected chi connectivity index (χ0v) is 29.5. The van der Waals surface area contributed by atoms with E-state index in [1.54, 1.807) is 0 Å². The number of halogens is 7. The van der Waals surface area contributed by atoms with Gasteiger partial charge < -0.3 is 15.4 Å². The first kappa shape index (κ1) is 40.3. The second kappa shape index (κ2) is 19.4. The number of rotatable bonds is 16. The quantitative estimate of drug-likeness (QED) is 0.0696. The lowest BCUT2D eigenvalue weighted by atomic mass is 10.0. The number of fused-ring (bicyclic) bond motifs is 1. The molecular weight excluding hydrogens is 702 g/mol. The summed E-state index contributed by atoms with van der Waals surface area (Å²) in [5, 5.41) is 13.8. The van der Waals surface area contributed by atoms with E-state index < -0.39 is 30.3 Å².